The van der Waals surface area contributed by atoms with Crippen LogP contribution in [-0.2, 0) is 6.42 Å². The Labute approximate surface area is 95.1 Å². The standard InChI is InChI=1S/C13H16N2O/c1-9(2)7-12-14-10(3)13-11(8-16)5-4-6-15(12)13/h4-6,8-9H,7H2,1-3H3. The van der Waals surface area contributed by atoms with Crippen molar-refractivity contribution in [1.82, 2.24) is 9.38 Å². The van der Waals surface area contributed by atoms with E-state index in [9.17, 15) is 4.79 Å². The summed E-state index contributed by atoms with van der Waals surface area (Å²) in [6.07, 6.45) is 3.79. The highest BCUT2D eigenvalue weighted by Crippen LogP contribution is 2.18. The summed E-state index contributed by atoms with van der Waals surface area (Å²) in [7, 11) is 0. The van der Waals surface area contributed by atoms with E-state index >= 15 is 0 Å². The van der Waals surface area contributed by atoms with Crippen LogP contribution in [0.15, 0.2) is 18.3 Å². The van der Waals surface area contributed by atoms with Gasteiger partial charge in [0.25, 0.3) is 0 Å². The summed E-state index contributed by atoms with van der Waals surface area (Å²) in [4.78, 5) is 15.5. The molecule has 0 bridgehead atoms. The second-order valence-corrected chi connectivity index (χ2v) is 4.51. The van der Waals surface area contributed by atoms with Crippen molar-refractivity contribution in [2.75, 3.05) is 0 Å². The smallest absolute Gasteiger partial charge is 0.152 e. The quantitative estimate of drug-likeness (QED) is 0.739. The highest BCUT2D eigenvalue weighted by Gasteiger charge is 2.11. The van der Waals surface area contributed by atoms with Crippen molar-refractivity contribution in [3.05, 3.63) is 35.4 Å². The van der Waals surface area contributed by atoms with Gasteiger partial charge in [-0.2, -0.15) is 0 Å². The van der Waals surface area contributed by atoms with Crippen LogP contribution < -0.4 is 0 Å². The molecule has 84 valence electrons. The van der Waals surface area contributed by atoms with Crippen LogP contribution in [0.3, 0.4) is 0 Å². The minimum Gasteiger partial charge on any atom is -0.303 e. The Morgan fingerprint density at radius 3 is 2.88 bits per heavy atom. The van der Waals surface area contributed by atoms with Gasteiger partial charge >= 0.3 is 0 Å². The van der Waals surface area contributed by atoms with Gasteiger partial charge in [-0.25, -0.2) is 4.98 Å². The van der Waals surface area contributed by atoms with E-state index in [0.29, 0.717) is 11.5 Å². The van der Waals surface area contributed by atoms with Crippen LogP contribution in [0.1, 0.15) is 35.7 Å². The van der Waals surface area contributed by atoms with E-state index in [0.717, 1.165) is 29.7 Å². The molecule has 0 saturated carbocycles. The van der Waals surface area contributed by atoms with Gasteiger partial charge in [-0.3, -0.25) is 4.79 Å². The molecule has 0 aliphatic rings. The molecular weight excluding hydrogens is 200 g/mol. The summed E-state index contributed by atoms with van der Waals surface area (Å²) in [5.74, 6) is 1.59. The lowest BCUT2D eigenvalue weighted by Crippen LogP contribution is -2.00. The number of fused-ring (bicyclic) bond motifs is 1. The fraction of sp³-hybridized carbons (Fsp3) is 0.385. The lowest BCUT2D eigenvalue weighted by Gasteiger charge is -2.04. The van der Waals surface area contributed by atoms with Gasteiger partial charge in [0.2, 0.25) is 0 Å². The van der Waals surface area contributed by atoms with Crippen molar-refractivity contribution in [2.45, 2.75) is 27.2 Å². The zero-order valence-electron chi connectivity index (χ0n) is 9.90. The minimum atomic E-state index is 0.560. The number of carbonyl (C=O) groups is 1. The summed E-state index contributed by atoms with van der Waals surface area (Å²) in [6.45, 7) is 6.28. The lowest BCUT2D eigenvalue weighted by molar-refractivity contribution is 0.112. The zero-order valence-corrected chi connectivity index (χ0v) is 9.90. The number of aldehydes is 1. The molecule has 16 heavy (non-hydrogen) atoms. The number of aryl methyl sites for hydroxylation is 1. The first-order valence-corrected chi connectivity index (χ1v) is 5.55. The van der Waals surface area contributed by atoms with Gasteiger partial charge in [0.1, 0.15) is 5.82 Å². The first-order valence-electron chi connectivity index (χ1n) is 5.55. The van der Waals surface area contributed by atoms with Gasteiger partial charge in [0, 0.05) is 18.2 Å². The summed E-state index contributed by atoms with van der Waals surface area (Å²) >= 11 is 0. The van der Waals surface area contributed by atoms with E-state index in [1.807, 2.05) is 29.7 Å². The summed E-state index contributed by atoms with van der Waals surface area (Å²) in [6, 6.07) is 3.72. The van der Waals surface area contributed by atoms with Gasteiger partial charge in [-0.1, -0.05) is 13.8 Å². The van der Waals surface area contributed by atoms with Crippen LogP contribution in [0.2, 0.25) is 0 Å². The number of nitrogens with zero attached hydrogens (tertiary/aromatic N) is 2. The SMILES string of the molecule is Cc1nc(CC(C)C)n2cccc(C=O)c12. The van der Waals surface area contributed by atoms with Crippen LogP contribution in [0.25, 0.3) is 5.52 Å². The van der Waals surface area contributed by atoms with E-state index in [-0.39, 0.29) is 0 Å². The number of rotatable bonds is 3. The second-order valence-electron chi connectivity index (χ2n) is 4.51. The largest absolute Gasteiger partial charge is 0.303 e. The van der Waals surface area contributed by atoms with Crippen molar-refractivity contribution in [1.29, 1.82) is 0 Å². The first-order chi connectivity index (χ1) is 7.63. The molecule has 2 heterocycles. The van der Waals surface area contributed by atoms with Crippen LogP contribution in [0, 0.1) is 12.8 Å². The molecule has 2 aromatic rings. The number of hydrogen-bond donors (Lipinski definition) is 0. The first kappa shape index (κ1) is 10.9. The number of pyridine rings is 1. The van der Waals surface area contributed by atoms with Crippen molar-refractivity contribution in [3.63, 3.8) is 0 Å². The van der Waals surface area contributed by atoms with E-state index in [1.54, 1.807) is 0 Å². The highest BCUT2D eigenvalue weighted by atomic mass is 16.1. The number of aromatic nitrogens is 2. The number of hydrogen-bond acceptors (Lipinski definition) is 2. The minimum absolute atomic E-state index is 0.560. The van der Waals surface area contributed by atoms with Gasteiger partial charge in [-0.05, 0) is 25.0 Å². The monoisotopic (exact) mass is 216 g/mol. The molecule has 0 fully saturated rings. The van der Waals surface area contributed by atoms with Crippen molar-refractivity contribution >= 4 is 11.8 Å². The highest BCUT2D eigenvalue weighted by molar-refractivity contribution is 5.87. The van der Waals surface area contributed by atoms with E-state index in [2.05, 4.69) is 18.8 Å². The number of imidazole rings is 1. The molecule has 0 saturated heterocycles. The Balaban J connectivity index is 2.66. The summed E-state index contributed by atoms with van der Waals surface area (Å²) < 4.78 is 2.03. The fourth-order valence-electron chi connectivity index (χ4n) is 2.03. The van der Waals surface area contributed by atoms with Crippen LogP contribution in [0.4, 0.5) is 0 Å². The Bertz CT molecular complexity index is 526. The Morgan fingerprint density at radius 2 is 2.25 bits per heavy atom. The van der Waals surface area contributed by atoms with E-state index in [1.165, 1.54) is 0 Å². The normalized spacial score (nSPS) is 11.2. The molecule has 0 spiro atoms. The second kappa shape index (κ2) is 4.08. The van der Waals surface area contributed by atoms with E-state index in [4.69, 9.17) is 0 Å². The van der Waals surface area contributed by atoms with Crippen molar-refractivity contribution in [3.8, 4) is 0 Å². The molecule has 2 aromatic heterocycles. The fourth-order valence-corrected chi connectivity index (χ4v) is 2.03. The molecule has 0 unspecified atom stereocenters. The van der Waals surface area contributed by atoms with Crippen LogP contribution >= 0.6 is 0 Å². The molecule has 0 radical (unpaired) electrons. The van der Waals surface area contributed by atoms with Gasteiger partial charge < -0.3 is 4.40 Å². The molecule has 0 aliphatic heterocycles. The third-order valence-corrected chi connectivity index (χ3v) is 2.66. The van der Waals surface area contributed by atoms with Crippen molar-refractivity contribution in [2.24, 2.45) is 5.92 Å². The van der Waals surface area contributed by atoms with Gasteiger partial charge in [0.15, 0.2) is 6.29 Å². The molecule has 0 atom stereocenters. The zero-order chi connectivity index (χ0) is 11.7. The molecule has 2 rings (SSSR count). The average Bonchev–Trinajstić information content (AvgIpc) is 2.55. The molecule has 3 heteroatoms. The third kappa shape index (κ3) is 1.73. The molecular formula is C13H16N2O. The average molecular weight is 216 g/mol. The molecule has 3 nitrogen and oxygen atoms in total. The van der Waals surface area contributed by atoms with Gasteiger partial charge in [-0.15, -0.1) is 0 Å². The molecule has 0 amide bonds. The van der Waals surface area contributed by atoms with Crippen molar-refractivity contribution < 1.29 is 4.79 Å². The maximum absolute atomic E-state index is 11.0. The predicted octanol–water partition coefficient (Wildman–Crippen LogP) is 2.65. The molecule has 0 aliphatic carbocycles. The Hall–Kier alpha value is -1.64. The Kier molecular flexibility index (Phi) is 2.77. The predicted molar refractivity (Wildman–Crippen MR) is 63.9 cm³/mol. The van der Waals surface area contributed by atoms with E-state index < -0.39 is 0 Å². The third-order valence-electron chi connectivity index (χ3n) is 2.66. The lowest BCUT2D eigenvalue weighted by atomic mass is 10.1. The topological polar surface area (TPSA) is 34.4 Å². The maximum atomic E-state index is 11.0. The maximum Gasteiger partial charge on any atom is 0.152 e. The molecule has 0 aromatic carbocycles. The van der Waals surface area contributed by atoms with Gasteiger partial charge in [0.05, 0.1) is 11.2 Å². The summed E-state index contributed by atoms with van der Waals surface area (Å²) in [5.41, 5.74) is 2.58. The van der Waals surface area contributed by atoms with Crippen LogP contribution in [0.5, 0.6) is 0 Å². The summed E-state index contributed by atoms with van der Waals surface area (Å²) in [5, 5.41) is 0. The molecule has 0 N–H and O–H groups in total. The Morgan fingerprint density at radius 1 is 1.50 bits per heavy atom. The number of carbonyl (C=O) groups excluding carboxylic acids is 1. The van der Waals surface area contributed by atoms with Crippen LogP contribution in [-0.4, -0.2) is 15.7 Å².